The van der Waals surface area contributed by atoms with Gasteiger partial charge in [0, 0.05) is 48.6 Å². The van der Waals surface area contributed by atoms with Gasteiger partial charge in [-0.2, -0.15) is 23.7 Å². The van der Waals surface area contributed by atoms with Gasteiger partial charge in [0.2, 0.25) is 0 Å². The van der Waals surface area contributed by atoms with Gasteiger partial charge in [0.05, 0.1) is 45.0 Å². The number of aromatic nitrogens is 2. The average Bonchev–Trinajstić information content (AvgIpc) is 4.00. The highest BCUT2D eigenvalue weighted by Crippen LogP contribution is 2.57. The molecular formula is C35H34F3N9O. The van der Waals surface area contributed by atoms with Crippen molar-refractivity contribution in [1.29, 1.82) is 10.5 Å². The molecule has 7 rings (SSSR count). The SMILES string of the molecule is Cn1ccc2c([C@H](Nc3cc(C#N)c4ncc(C#N)c(NCC(C)(C)C(F)(F)F)c4c3)C3=CN(C4(C5CC5)CC4)NN3)cccc2c1=O. The first-order valence-electron chi connectivity index (χ1n) is 15.8. The summed E-state index contributed by atoms with van der Waals surface area (Å²) in [6, 6.07) is 14.4. The Bertz CT molecular complexity index is 2130. The topological polar surface area (TPSA) is 134 Å². The van der Waals surface area contributed by atoms with Gasteiger partial charge in [-0.1, -0.05) is 12.1 Å². The molecule has 48 heavy (non-hydrogen) atoms. The second-order valence-electron chi connectivity index (χ2n) is 13.6. The number of nitrogens with one attached hydrogen (secondary N) is 4. The van der Waals surface area contributed by atoms with Crippen molar-refractivity contribution in [2.24, 2.45) is 18.4 Å². The summed E-state index contributed by atoms with van der Waals surface area (Å²) < 4.78 is 42.8. The van der Waals surface area contributed by atoms with Crippen molar-refractivity contribution in [3.63, 3.8) is 0 Å². The molecule has 3 aliphatic rings. The second-order valence-corrected chi connectivity index (χ2v) is 13.6. The fourth-order valence-corrected chi connectivity index (χ4v) is 6.61. The molecule has 2 aliphatic carbocycles. The Morgan fingerprint density at radius 2 is 1.83 bits per heavy atom. The smallest absolute Gasteiger partial charge is 0.382 e. The number of hydrogen-bond acceptors (Lipinski definition) is 9. The molecule has 2 fully saturated rings. The van der Waals surface area contributed by atoms with E-state index < -0.39 is 24.2 Å². The molecule has 246 valence electrons. The maximum Gasteiger partial charge on any atom is 0.395 e. The number of nitrogens with zero attached hydrogens (tertiary/aromatic N) is 5. The Labute approximate surface area is 274 Å². The minimum absolute atomic E-state index is 0.0535. The summed E-state index contributed by atoms with van der Waals surface area (Å²) in [5.74, 6) is 0.628. The second kappa shape index (κ2) is 11.2. The fraction of sp³-hybridized carbons (Fsp3) is 0.371. The number of fused-ring (bicyclic) bond motifs is 2. The Kier molecular flexibility index (Phi) is 7.29. The molecule has 1 atom stereocenters. The lowest BCUT2D eigenvalue weighted by molar-refractivity contribution is -0.206. The Balaban J connectivity index is 1.35. The maximum atomic E-state index is 13.8. The van der Waals surface area contributed by atoms with Crippen LogP contribution >= 0.6 is 0 Å². The number of nitriles is 2. The molecule has 0 saturated heterocycles. The third kappa shape index (κ3) is 5.24. The molecule has 4 aromatic rings. The molecule has 0 amide bonds. The van der Waals surface area contributed by atoms with Crippen LogP contribution in [0, 0.1) is 34.0 Å². The summed E-state index contributed by atoms with van der Waals surface area (Å²) in [7, 11) is 1.70. The van der Waals surface area contributed by atoms with Crippen molar-refractivity contribution in [3.05, 3.63) is 87.7 Å². The van der Waals surface area contributed by atoms with Gasteiger partial charge in [0.25, 0.3) is 5.56 Å². The fourth-order valence-electron chi connectivity index (χ4n) is 6.61. The van der Waals surface area contributed by atoms with E-state index in [-0.39, 0.29) is 33.4 Å². The summed E-state index contributed by atoms with van der Waals surface area (Å²) >= 11 is 0. The van der Waals surface area contributed by atoms with Crippen molar-refractivity contribution in [3.8, 4) is 12.1 Å². The molecule has 0 spiro atoms. The van der Waals surface area contributed by atoms with Crippen LogP contribution in [0.2, 0.25) is 0 Å². The van der Waals surface area contributed by atoms with E-state index in [1.54, 1.807) is 31.4 Å². The monoisotopic (exact) mass is 653 g/mol. The summed E-state index contributed by atoms with van der Waals surface area (Å²) in [6.45, 7) is 1.66. The number of aryl methyl sites for hydroxylation is 1. The van der Waals surface area contributed by atoms with E-state index in [4.69, 9.17) is 0 Å². The third-order valence-electron chi connectivity index (χ3n) is 9.94. The molecule has 0 unspecified atom stereocenters. The molecular weight excluding hydrogens is 619 g/mol. The average molecular weight is 654 g/mol. The van der Waals surface area contributed by atoms with Crippen LogP contribution in [-0.4, -0.2) is 32.8 Å². The minimum atomic E-state index is -4.49. The largest absolute Gasteiger partial charge is 0.395 e. The van der Waals surface area contributed by atoms with Crippen molar-refractivity contribution in [1.82, 2.24) is 25.5 Å². The lowest BCUT2D eigenvalue weighted by atomic mass is 9.92. The van der Waals surface area contributed by atoms with E-state index >= 15 is 0 Å². The van der Waals surface area contributed by atoms with Gasteiger partial charge in [0.1, 0.15) is 12.1 Å². The predicted octanol–water partition coefficient (Wildman–Crippen LogP) is 6.09. The van der Waals surface area contributed by atoms with Gasteiger partial charge in [-0.05, 0) is 80.7 Å². The van der Waals surface area contributed by atoms with Crippen LogP contribution in [0.15, 0.2) is 65.5 Å². The van der Waals surface area contributed by atoms with Gasteiger partial charge in [-0.15, -0.1) is 5.53 Å². The van der Waals surface area contributed by atoms with Crippen LogP contribution < -0.4 is 27.2 Å². The number of pyridine rings is 2. The quantitative estimate of drug-likeness (QED) is 0.169. The van der Waals surface area contributed by atoms with Gasteiger partial charge in [-0.25, -0.2) is 0 Å². The van der Waals surface area contributed by atoms with Crippen LogP contribution in [0.3, 0.4) is 0 Å². The summed E-state index contributed by atoms with van der Waals surface area (Å²) in [4.78, 5) is 17.5. The maximum absolute atomic E-state index is 13.8. The highest BCUT2D eigenvalue weighted by molar-refractivity contribution is 5.99. The number of benzene rings is 2. The molecule has 0 bridgehead atoms. The van der Waals surface area contributed by atoms with E-state index in [1.807, 2.05) is 24.3 Å². The van der Waals surface area contributed by atoms with Gasteiger partial charge in [-0.3, -0.25) is 14.8 Å². The zero-order valence-electron chi connectivity index (χ0n) is 26.7. The molecule has 2 aromatic heterocycles. The molecule has 0 radical (unpaired) electrons. The van der Waals surface area contributed by atoms with E-state index in [2.05, 4.69) is 43.9 Å². The lowest BCUT2D eigenvalue weighted by Crippen LogP contribution is -2.46. The number of rotatable bonds is 9. The normalized spacial score (nSPS) is 17.8. The summed E-state index contributed by atoms with van der Waals surface area (Å²) in [6.07, 6.45) is 5.11. The van der Waals surface area contributed by atoms with Crippen molar-refractivity contribution in [2.75, 3.05) is 17.2 Å². The number of alkyl halides is 3. The number of halogens is 3. The Morgan fingerprint density at radius 1 is 1.08 bits per heavy atom. The standard InChI is InChI=1S/C35H34F3N9O/c1-33(2,35(36,37)38)19-42-30-21(16-40)17-41-29-20(15-39)13-23(14-27(29)30)43-31(25-5-4-6-26-24(25)9-12-46(3)32(26)48)28-18-47(45-44-28)34(10-11-34)22-7-8-22/h4-6,9,12-14,17-18,22,31,43-45H,7-8,10-11,19H2,1-3H3,(H,41,42)/t31-/m0/s1. The van der Waals surface area contributed by atoms with E-state index in [1.165, 1.54) is 23.6 Å². The predicted molar refractivity (Wildman–Crippen MR) is 176 cm³/mol. The van der Waals surface area contributed by atoms with Crippen molar-refractivity contribution < 1.29 is 13.2 Å². The first kappa shape index (κ1) is 31.3. The third-order valence-corrected chi connectivity index (χ3v) is 9.94. The molecule has 10 nitrogen and oxygen atoms in total. The Hall–Kier alpha value is -5.27. The van der Waals surface area contributed by atoms with Gasteiger partial charge in [0.15, 0.2) is 0 Å². The minimum Gasteiger partial charge on any atom is -0.382 e. The lowest BCUT2D eigenvalue weighted by Gasteiger charge is -2.29. The van der Waals surface area contributed by atoms with Gasteiger partial charge >= 0.3 is 6.18 Å². The summed E-state index contributed by atoms with van der Waals surface area (Å²) in [5, 5.41) is 30.2. The Morgan fingerprint density at radius 3 is 2.50 bits per heavy atom. The van der Waals surface area contributed by atoms with Crippen LogP contribution in [0.5, 0.6) is 0 Å². The molecule has 4 N–H and O–H groups in total. The zero-order chi connectivity index (χ0) is 34.0. The van der Waals surface area contributed by atoms with Crippen LogP contribution in [0.25, 0.3) is 21.7 Å². The van der Waals surface area contributed by atoms with Crippen LogP contribution in [0.4, 0.5) is 24.5 Å². The first-order valence-corrected chi connectivity index (χ1v) is 15.8. The highest BCUT2D eigenvalue weighted by atomic mass is 19.4. The van der Waals surface area contributed by atoms with E-state index in [0.717, 1.165) is 43.3 Å². The molecule has 13 heteroatoms. The van der Waals surface area contributed by atoms with Crippen molar-refractivity contribution >= 4 is 33.1 Å². The van der Waals surface area contributed by atoms with Crippen molar-refractivity contribution in [2.45, 2.75) is 57.3 Å². The van der Waals surface area contributed by atoms with E-state index in [0.29, 0.717) is 22.4 Å². The van der Waals surface area contributed by atoms with Crippen LogP contribution in [0.1, 0.15) is 62.3 Å². The highest BCUT2D eigenvalue weighted by Gasteiger charge is 2.58. The van der Waals surface area contributed by atoms with E-state index in [9.17, 15) is 28.5 Å². The summed E-state index contributed by atoms with van der Waals surface area (Å²) in [5.41, 5.74) is 7.22. The molecule has 3 heterocycles. The molecule has 2 saturated carbocycles. The van der Waals surface area contributed by atoms with Crippen LogP contribution in [-0.2, 0) is 7.05 Å². The number of hydrogen-bond donors (Lipinski definition) is 4. The molecule has 2 aromatic carbocycles. The number of anilines is 2. The number of hydrazine groups is 2. The molecule has 1 aliphatic heterocycles. The first-order chi connectivity index (χ1) is 22.9. The van der Waals surface area contributed by atoms with Gasteiger partial charge < -0.3 is 20.6 Å². The zero-order valence-corrected chi connectivity index (χ0v) is 26.7.